The average molecular weight is 277 g/mol. The van der Waals surface area contributed by atoms with Gasteiger partial charge in [0.2, 0.25) is 0 Å². The summed E-state index contributed by atoms with van der Waals surface area (Å²) in [6, 6.07) is 9.97. The van der Waals surface area contributed by atoms with Gasteiger partial charge in [-0.15, -0.1) is 0 Å². The van der Waals surface area contributed by atoms with E-state index in [2.05, 4.69) is 5.32 Å². The van der Waals surface area contributed by atoms with E-state index in [1.807, 2.05) is 30.3 Å². The highest BCUT2D eigenvalue weighted by Crippen LogP contribution is 2.41. The minimum atomic E-state index is -0.875. The molecule has 0 aromatic heterocycles. The monoisotopic (exact) mass is 277 g/mol. The number of benzene rings is 1. The number of anilines is 1. The van der Waals surface area contributed by atoms with E-state index in [0.29, 0.717) is 6.61 Å². The molecule has 1 aliphatic heterocycles. The highest BCUT2D eigenvalue weighted by molar-refractivity contribution is 5.44. The van der Waals surface area contributed by atoms with E-state index in [-0.39, 0.29) is 24.7 Å². The topological polar surface area (TPSA) is 61.7 Å². The van der Waals surface area contributed by atoms with Gasteiger partial charge in [0, 0.05) is 24.8 Å². The molecular weight excluding hydrogens is 254 g/mol. The molecule has 0 spiro atoms. The summed E-state index contributed by atoms with van der Waals surface area (Å²) in [5.74, 6) is 0.0501. The molecule has 1 unspecified atom stereocenters. The van der Waals surface area contributed by atoms with Crippen LogP contribution in [0.3, 0.4) is 0 Å². The van der Waals surface area contributed by atoms with Gasteiger partial charge in [0.05, 0.1) is 12.1 Å². The number of para-hydroxylation sites is 1. The Labute approximate surface area is 119 Å². The molecule has 110 valence electrons. The molecule has 0 radical (unpaired) electrons. The molecular formula is C16H23NO3. The van der Waals surface area contributed by atoms with Crippen LogP contribution in [0.2, 0.25) is 0 Å². The number of rotatable bonds is 3. The first-order valence-corrected chi connectivity index (χ1v) is 7.50. The molecule has 1 aromatic carbocycles. The molecule has 1 aliphatic carbocycles. The molecule has 3 rings (SSSR count). The van der Waals surface area contributed by atoms with E-state index in [1.54, 1.807) is 0 Å². The maximum Gasteiger partial charge on any atom is 0.111 e. The molecule has 4 nitrogen and oxygen atoms in total. The van der Waals surface area contributed by atoms with Crippen molar-refractivity contribution in [2.45, 2.75) is 43.4 Å². The Bertz CT molecular complexity index is 439. The Hall–Kier alpha value is -1.10. The van der Waals surface area contributed by atoms with Gasteiger partial charge in [-0.05, 0) is 37.8 Å². The third kappa shape index (κ3) is 2.43. The Kier molecular flexibility index (Phi) is 3.96. The van der Waals surface area contributed by atoms with Gasteiger partial charge in [-0.25, -0.2) is 0 Å². The molecule has 0 bridgehead atoms. The second-order valence-corrected chi connectivity index (χ2v) is 5.97. The molecule has 1 saturated heterocycles. The second kappa shape index (κ2) is 5.72. The molecule has 20 heavy (non-hydrogen) atoms. The number of hydrogen-bond donors (Lipinski definition) is 3. The summed E-state index contributed by atoms with van der Waals surface area (Å²) in [4.78, 5) is 0. The smallest absolute Gasteiger partial charge is 0.111 e. The molecule has 2 fully saturated rings. The Balaban J connectivity index is 1.80. The van der Waals surface area contributed by atoms with Gasteiger partial charge < -0.3 is 20.3 Å². The van der Waals surface area contributed by atoms with E-state index in [0.717, 1.165) is 31.4 Å². The maximum atomic E-state index is 11.1. The van der Waals surface area contributed by atoms with Crippen molar-refractivity contribution in [3.8, 4) is 0 Å². The lowest BCUT2D eigenvalue weighted by Crippen LogP contribution is -2.64. The SMILES string of the molecule is OCC1CC[C@@H](Nc2ccccc2)[C@@]2(O)CCCO[C@H]12. The number of aliphatic hydroxyl groups is 2. The number of hydrogen-bond acceptors (Lipinski definition) is 4. The minimum absolute atomic E-state index is 0.0157. The van der Waals surface area contributed by atoms with Crippen LogP contribution in [0.1, 0.15) is 25.7 Å². The summed E-state index contributed by atoms with van der Waals surface area (Å²) in [5.41, 5.74) is 0.150. The van der Waals surface area contributed by atoms with Crippen LogP contribution in [0.15, 0.2) is 30.3 Å². The predicted octanol–water partition coefficient (Wildman–Crippen LogP) is 1.78. The molecule has 1 aromatic rings. The molecule has 4 heteroatoms. The van der Waals surface area contributed by atoms with Crippen LogP contribution in [0.5, 0.6) is 0 Å². The zero-order valence-electron chi connectivity index (χ0n) is 11.7. The number of fused-ring (bicyclic) bond motifs is 1. The zero-order valence-corrected chi connectivity index (χ0v) is 11.7. The standard InChI is InChI=1S/C16H23NO3/c18-11-12-7-8-14(17-13-5-2-1-3-6-13)16(19)9-4-10-20-15(12)16/h1-3,5-6,12,14-15,17-19H,4,7-11H2/t12?,14-,15-,16+/m1/s1. The second-order valence-electron chi connectivity index (χ2n) is 5.97. The van der Waals surface area contributed by atoms with Crippen molar-refractivity contribution >= 4 is 5.69 Å². The van der Waals surface area contributed by atoms with E-state index in [1.165, 1.54) is 0 Å². The Morgan fingerprint density at radius 1 is 1.25 bits per heavy atom. The van der Waals surface area contributed by atoms with Crippen molar-refractivity contribution in [1.29, 1.82) is 0 Å². The molecule has 1 heterocycles. The first kappa shape index (κ1) is 13.9. The fourth-order valence-electron chi connectivity index (χ4n) is 3.67. The zero-order chi connectivity index (χ0) is 14.0. The summed E-state index contributed by atoms with van der Waals surface area (Å²) in [6.07, 6.45) is 3.09. The average Bonchev–Trinajstić information content (AvgIpc) is 2.49. The molecule has 1 saturated carbocycles. The summed E-state index contributed by atoms with van der Waals surface area (Å²) in [7, 11) is 0. The Morgan fingerprint density at radius 2 is 2.05 bits per heavy atom. The maximum absolute atomic E-state index is 11.1. The third-order valence-electron chi connectivity index (χ3n) is 4.72. The third-order valence-corrected chi connectivity index (χ3v) is 4.72. The lowest BCUT2D eigenvalue weighted by molar-refractivity contribution is -0.195. The highest BCUT2D eigenvalue weighted by Gasteiger charge is 2.52. The van der Waals surface area contributed by atoms with Crippen molar-refractivity contribution in [1.82, 2.24) is 0 Å². The van der Waals surface area contributed by atoms with E-state index in [4.69, 9.17) is 4.74 Å². The van der Waals surface area contributed by atoms with Crippen LogP contribution < -0.4 is 5.32 Å². The fraction of sp³-hybridized carbons (Fsp3) is 0.625. The van der Waals surface area contributed by atoms with Gasteiger partial charge >= 0.3 is 0 Å². The fourth-order valence-corrected chi connectivity index (χ4v) is 3.67. The normalized spacial score (nSPS) is 37.2. The lowest BCUT2D eigenvalue weighted by atomic mass is 9.69. The molecule has 3 N–H and O–H groups in total. The van der Waals surface area contributed by atoms with Crippen molar-refractivity contribution < 1.29 is 14.9 Å². The first-order chi connectivity index (χ1) is 9.74. The van der Waals surface area contributed by atoms with E-state index < -0.39 is 5.60 Å². The Morgan fingerprint density at radius 3 is 2.80 bits per heavy atom. The minimum Gasteiger partial charge on any atom is -0.396 e. The molecule has 4 atom stereocenters. The summed E-state index contributed by atoms with van der Waals surface area (Å²) < 4.78 is 5.81. The van der Waals surface area contributed by atoms with Gasteiger partial charge in [-0.2, -0.15) is 0 Å². The van der Waals surface area contributed by atoms with Gasteiger partial charge in [0.25, 0.3) is 0 Å². The van der Waals surface area contributed by atoms with Crippen LogP contribution in [-0.4, -0.2) is 41.2 Å². The summed E-state index contributed by atoms with van der Waals surface area (Å²) in [5, 5.41) is 24.1. The van der Waals surface area contributed by atoms with Crippen LogP contribution in [0, 0.1) is 5.92 Å². The highest BCUT2D eigenvalue weighted by atomic mass is 16.5. The van der Waals surface area contributed by atoms with Crippen molar-refractivity contribution in [3.05, 3.63) is 30.3 Å². The molecule has 0 amide bonds. The van der Waals surface area contributed by atoms with Gasteiger partial charge in [-0.1, -0.05) is 18.2 Å². The quantitative estimate of drug-likeness (QED) is 0.788. The van der Waals surface area contributed by atoms with Crippen LogP contribution in [0.4, 0.5) is 5.69 Å². The van der Waals surface area contributed by atoms with Gasteiger partial charge in [0.1, 0.15) is 5.60 Å². The van der Waals surface area contributed by atoms with Crippen LogP contribution >= 0.6 is 0 Å². The number of ether oxygens (including phenoxy) is 1. The first-order valence-electron chi connectivity index (χ1n) is 7.50. The predicted molar refractivity (Wildman–Crippen MR) is 77.6 cm³/mol. The van der Waals surface area contributed by atoms with Crippen LogP contribution in [-0.2, 0) is 4.74 Å². The van der Waals surface area contributed by atoms with Crippen LogP contribution in [0.25, 0.3) is 0 Å². The van der Waals surface area contributed by atoms with Crippen molar-refractivity contribution in [3.63, 3.8) is 0 Å². The van der Waals surface area contributed by atoms with Crippen molar-refractivity contribution in [2.75, 3.05) is 18.5 Å². The summed E-state index contributed by atoms with van der Waals surface area (Å²) >= 11 is 0. The van der Waals surface area contributed by atoms with E-state index >= 15 is 0 Å². The number of aliphatic hydroxyl groups excluding tert-OH is 1. The molecule has 2 aliphatic rings. The van der Waals surface area contributed by atoms with Crippen molar-refractivity contribution in [2.24, 2.45) is 5.92 Å². The largest absolute Gasteiger partial charge is 0.396 e. The number of nitrogens with one attached hydrogen (secondary N) is 1. The van der Waals surface area contributed by atoms with Gasteiger partial charge in [-0.3, -0.25) is 0 Å². The van der Waals surface area contributed by atoms with E-state index in [9.17, 15) is 10.2 Å². The van der Waals surface area contributed by atoms with Gasteiger partial charge in [0.15, 0.2) is 0 Å². The lowest BCUT2D eigenvalue weighted by Gasteiger charge is -2.51. The summed E-state index contributed by atoms with van der Waals surface area (Å²) in [6.45, 7) is 0.770.